The van der Waals surface area contributed by atoms with Gasteiger partial charge in [0.15, 0.2) is 0 Å². The summed E-state index contributed by atoms with van der Waals surface area (Å²) in [4.78, 5) is 10.1. The zero-order chi connectivity index (χ0) is 7.98. The van der Waals surface area contributed by atoms with Crippen LogP contribution in [0.3, 0.4) is 0 Å². The number of carbonyl (C=O) groups excluding carboxylic acids is 1. The first-order valence-electron chi connectivity index (χ1n) is 3.15. The van der Waals surface area contributed by atoms with E-state index in [-0.39, 0.29) is 42.6 Å². The maximum atomic E-state index is 10.1. The number of carboxylic acids is 1. The predicted octanol–water partition coefficient (Wildman–Crippen LogP) is -4.88. The molecule has 0 aliphatic heterocycles. The molecule has 0 bridgehead atoms. The summed E-state index contributed by atoms with van der Waals surface area (Å²) in [6.45, 7) is -0.466. The van der Waals surface area contributed by atoms with Gasteiger partial charge in [0.1, 0.15) is 0 Å². The Morgan fingerprint density at radius 1 is 1.45 bits per heavy atom. The minimum atomic E-state index is -1.25. The molecule has 0 radical (unpaired) electrons. The topological polar surface area (TPSA) is 80.6 Å². The van der Waals surface area contributed by atoms with Crippen molar-refractivity contribution in [1.82, 2.24) is 0 Å². The Bertz CT molecular complexity index is 107. The molecular weight excluding hydrogens is 159 g/mol. The van der Waals surface area contributed by atoms with Gasteiger partial charge in [-0.05, 0) is 12.8 Å². The van der Waals surface area contributed by atoms with Crippen LogP contribution in [0.1, 0.15) is 12.8 Å². The van der Waals surface area contributed by atoms with E-state index in [0.717, 1.165) is 0 Å². The van der Waals surface area contributed by atoms with E-state index in [1.54, 1.807) is 0 Å². The van der Waals surface area contributed by atoms with Gasteiger partial charge in [0, 0.05) is 18.5 Å². The van der Waals surface area contributed by atoms with E-state index in [4.69, 9.17) is 10.2 Å². The minimum absolute atomic E-state index is 0. The number of aliphatic carboxylic acids is 1. The number of aliphatic hydroxyl groups excluding tert-OH is 2. The van der Waals surface area contributed by atoms with E-state index < -0.39 is 18.5 Å². The van der Waals surface area contributed by atoms with Crippen molar-refractivity contribution in [2.45, 2.75) is 12.8 Å². The molecule has 0 amide bonds. The third-order valence-electron chi connectivity index (χ3n) is 1.26. The average Bonchev–Trinajstić information content (AvgIpc) is 1.89. The summed E-state index contributed by atoms with van der Waals surface area (Å²) in [6, 6.07) is 0. The number of carboxylic acid groups (broad SMARTS) is 1. The van der Waals surface area contributed by atoms with Crippen molar-refractivity contribution in [1.29, 1.82) is 0 Å². The SMILES string of the molecule is O=C([O-])C(CO)CCCO.[Na+]. The summed E-state index contributed by atoms with van der Waals surface area (Å²) in [5, 5.41) is 26.8. The Hall–Kier alpha value is 0.390. The average molecular weight is 170 g/mol. The van der Waals surface area contributed by atoms with Gasteiger partial charge in [0.2, 0.25) is 0 Å². The van der Waals surface area contributed by atoms with Crippen LogP contribution in [0.2, 0.25) is 0 Å². The molecule has 0 aliphatic carbocycles. The van der Waals surface area contributed by atoms with E-state index >= 15 is 0 Å². The van der Waals surface area contributed by atoms with Crippen molar-refractivity contribution in [2.24, 2.45) is 5.92 Å². The zero-order valence-electron chi connectivity index (χ0n) is 6.62. The van der Waals surface area contributed by atoms with E-state index in [2.05, 4.69) is 0 Å². The second kappa shape index (κ2) is 8.49. The molecular formula is C6H11NaO4. The van der Waals surface area contributed by atoms with Crippen LogP contribution in [0.15, 0.2) is 0 Å². The molecule has 0 saturated carbocycles. The first-order chi connectivity index (χ1) is 4.72. The van der Waals surface area contributed by atoms with E-state index in [0.29, 0.717) is 6.42 Å². The molecule has 0 heterocycles. The van der Waals surface area contributed by atoms with Gasteiger partial charge in [0.25, 0.3) is 0 Å². The molecule has 5 heteroatoms. The number of carbonyl (C=O) groups is 1. The van der Waals surface area contributed by atoms with Crippen molar-refractivity contribution in [3.63, 3.8) is 0 Å². The third-order valence-corrected chi connectivity index (χ3v) is 1.26. The second-order valence-electron chi connectivity index (χ2n) is 2.06. The number of rotatable bonds is 5. The fourth-order valence-corrected chi connectivity index (χ4v) is 0.621. The van der Waals surface area contributed by atoms with Gasteiger partial charge in [-0.2, -0.15) is 0 Å². The van der Waals surface area contributed by atoms with Crippen molar-refractivity contribution in [3.05, 3.63) is 0 Å². The van der Waals surface area contributed by atoms with Crippen molar-refractivity contribution >= 4 is 5.97 Å². The van der Waals surface area contributed by atoms with Crippen LogP contribution >= 0.6 is 0 Å². The second-order valence-corrected chi connectivity index (χ2v) is 2.06. The van der Waals surface area contributed by atoms with Gasteiger partial charge in [-0.15, -0.1) is 0 Å². The minimum Gasteiger partial charge on any atom is -0.550 e. The molecule has 1 atom stereocenters. The van der Waals surface area contributed by atoms with Gasteiger partial charge >= 0.3 is 29.6 Å². The Morgan fingerprint density at radius 3 is 2.27 bits per heavy atom. The van der Waals surface area contributed by atoms with Crippen LogP contribution in [0.25, 0.3) is 0 Å². The Balaban J connectivity index is 0. The maximum Gasteiger partial charge on any atom is 1.00 e. The molecule has 1 unspecified atom stereocenters. The first-order valence-corrected chi connectivity index (χ1v) is 3.15. The molecule has 0 rings (SSSR count). The molecule has 0 saturated heterocycles. The fraction of sp³-hybridized carbons (Fsp3) is 0.833. The Labute approximate surface area is 87.5 Å². The molecule has 60 valence electrons. The maximum absolute atomic E-state index is 10.1. The zero-order valence-corrected chi connectivity index (χ0v) is 8.62. The molecule has 0 aliphatic rings. The van der Waals surface area contributed by atoms with Crippen LogP contribution in [0, 0.1) is 5.92 Å². The van der Waals surface area contributed by atoms with E-state index in [1.807, 2.05) is 0 Å². The summed E-state index contributed by atoms with van der Waals surface area (Å²) in [5.74, 6) is -2.08. The van der Waals surface area contributed by atoms with Crippen LogP contribution in [0.4, 0.5) is 0 Å². The van der Waals surface area contributed by atoms with E-state index in [9.17, 15) is 9.90 Å². The van der Waals surface area contributed by atoms with Crippen molar-refractivity contribution in [3.8, 4) is 0 Å². The Morgan fingerprint density at radius 2 is 2.00 bits per heavy atom. The normalized spacial score (nSPS) is 11.8. The molecule has 2 N–H and O–H groups in total. The standard InChI is InChI=1S/C6H12O4.Na/c7-3-1-2-5(4-8)6(9)10;/h5,7-8H,1-4H2,(H,9,10);/q;+1/p-1. The molecule has 11 heavy (non-hydrogen) atoms. The predicted molar refractivity (Wildman–Crippen MR) is 31.9 cm³/mol. The van der Waals surface area contributed by atoms with Gasteiger partial charge in [-0.3, -0.25) is 0 Å². The van der Waals surface area contributed by atoms with Crippen LogP contribution in [-0.2, 0) is 4.79 Å². The fourth-order valence-electron chi connectivity index (χ4n) is 0.621. The van der Waals surface area contributed by atoms with Gasteiger partial charge in [-0.25, -0.2) is 0 Å². The summed E-state index contributed by atoms with van der Waals surface area (Å²) < 4.78 is 0. The summed E-state index contributed by atoms with van der Waals surface area (Å²) in [6.07, 6.45) is 0.661. The van der Waals surface area contributed by atoms with Gasteiger partial charge in [-0.1, -0.05) is 0 Å². The quantitative estimate of drug-likeness (QED) is 0.405. The molecule has 0 fully saturated rings. The molecule has 0 aromatic heterocycles. The van der Waals surface area contributed by atoms with Crippen LogP contribution < -0.4 is 34.7 Å². The first kappa shape index (κ1) is 13.9. The largest absolute Gasteiger partial charge is 1.00 e. The third kappa shape index (κ3) is 6.77. The van der Waals surface area contributed by atoms with Crippen molar-refractivity contribution in [2.75, 3.05) is 13.2 Å². The van der Waals surface area contributed by atoms with E-state index in [1.165, 1.54) is 0 Å². The van der Waals surface area contributed by atoms with Crippen LogP contribution in [-0.4, -0.2) is 29.4 Å². The number of hydrogen-bond donors (Lipinski definition) is 2. The number of hydrogen-bond acceptors (Lipinski definition) is 4. The summed E-state index contributed by atoms with van der Waals surface area (Å²) in [7, 11) is 0. The molecule has 0 aromatic carbocycles. The monoisotopic (exact) mass is 170 g/mol. The smallest absolute Gasteiger partial charge is 0.550 e. The molecule has 0 spiro atoms. The summed E-state index contributed by atoms with van der Waals surface area (Å²) >= 11 is 0. The number of aliphatic hydroxyl groups is 2. The Kier molecular flexibility index (Phi) is 10.8. The molecule has 0 aromatic rings. The van der Waals surface area contributed by atoms with Crippen molar-refractivity contribution < 1.29 is 49.7 Å². The molecule has 4 nitrogen and oxygen atoms in total. The van der Waals surface area contributed by atoms with Gasteiger partial charge < -0.3 is 20.1 Å². The van der Waals surface area contributed by atoms with Gasteiger partial charge in [0.05, 0.1) is 6.61 Å². The van der Waals surface area contributed by atoms with Crippen LogP contribution in [0.5, 0.6) is 0 Å². The summed E-state index contributed by atoms with van der Waals surface area (Å²) in [5.41, 5.74) is 0.